The summed E-state index contributed by atoms with van der Waals surface area (Å²) >= 11 is 12.1. The van der Waals surface area contributed by atoms with Crippen molar-refractivity contribution in [1.82, 2.24) is 9.97 Å². The van der Waals surface area contributed by atoms with Gasteiger partial charge in [-0.05, 0) is 55.7 Å². The quantitative estimate of drug-likeness (QED) is 0.473. The van der Waals surface area contributed by atoms with E-state index in [1.54, 1.807) is 24.5 Å². The van der Waals surface area contributed by atoms with Crippen LogP contribution in [0.4, 0.5) is 5.82 Å². The molecule has 2 aromatic rings. The van der Waals surface area contributed by atoms with Crippen molar-refractivity contribution in [2.24, 2.45) is 11.1 Å². The molecule has 0 aliphatic heterocycles. The molecule has 0 radical (unpaired) electrons. The van der Waals surface area contributed by atoms with Gasteiger partial charge in [0.15, 0.2) is 5.82 Å². The van der Waals surface area contributed by atoms with Crippen LogP contribution in [0.1, 0.15) is 43.6 Å². The normalized spacial score (nSPS) is 18.5. The second-order valence-corrected chi connectivity index (χ2v) is 9.40. The minimum atomic E-state index is -1.22. The van der Waals surface area contributed by atoms with E-state index in [4.69, 9.17) is 28.4 Å². The lowest BCUT2D eigenvalue weighted by Crippen LogP contribution is -2.26. The number of amides is 1. The average Bonchev–Trinajstić information content (AvgIpc) is 2.73. The van der Waals surface area contributed by atoms with Crippen molar-refractivity contribution in [1.29, 1.82) is 0 Å². The van der Waals surface area contributed by atoms with Gasteiger partial charge in [0.25, 0.3) is 0 Å². The fourth-order valence-corrected chi connectivity index (χ4v) is 4.84. The highest BCUT2D eigenvalue weighted by atomic mass is 35.5. The Labute approximate surface area is 187 Å². The molecule has 1 aromatic carbocycles. The maximum absolute atomic E-state index is 13.1. The third-order valence-corrected chi connectivity index (χ3v) is 6.84. The lowest BCUT2D eigenvalue weighted by atomic mass is 9.79. The molecule has 1 amide bonds. The van der Waals surface area contributed by atoms with Crippen LogP contribution in [0.5, 0.6) is 0 Å². The maximum Gasteiger partial charge on any atom is 0.233 e. The van der Waals surface area contributed by atoms with E-state index in [0.717, 1.165) is 24.1 Å². The zero-order valence-corrected chi connectivity index (χ0v) is 18.7. The Bertz CT molecular complexity index is 959. The van der Waals surface area contributed by atoms with Gasteiger partial charge < -0.3 is 10.5 Å². The molecule has 1 aliphatic rings. The van der Waals surface area contributed by atoms with Gasteiger partial charge in [-0.2, -0.15) is 0 Å². The van der Waals surface area contributed by atoms with Crippen molar-refractivity contribution in [3.8, 4) is 0 Å². The van der Waals surface area contributed by atoms with E-state index < -0.39 is 16.7 Å². The Hall–Kier alpha value is -2.03. The number of nitrogens with one attached hydrogen (secondary N) is 1. The van der Waals surface area contributed by atoms with Crippen LogP contribution < -0.4 is 5.32 Å². The van der Waals surface area contributed by atoms with E-state index in [0.29, 0.717) is 40.9 Å². The molecule has 1 aromatic heterocycles. The van der Waals surface area contributed by atoms with Gasteiger partial charge in [0.05, 0.1) is 44.7 Å². The lowest BCUT2D eigenvalue weighted by molar-refractivity contribution is -0.118. The summed E-state index contributed by atoms with van der Waals surface area (Å²) in [5.74, 6) is -0.0990. The van der Waals surface area contributed by atoms with Crippen molar-refractivity contribution >= 4 is 51.4 Å². The van der Waals surface area contributed by atoms with Crippen LogP contribution >= 0.6 is 23.2 Å². The molecular formula is C20H22Cl2N4O3S. The molecule has 1 aliphatic carbocycles. The molecule has 3 rings (SSSR count). The van der Waals surface area contributed by atoms with Crippen molar-refractivity contribution in [3.05, 3.63) is 46.3 Å². The standard InChI is InChI=1S/C20H22Cl2N4O3S/c1-30(29)17-7-4-13(9-16(17)21)15(8-12-2-5-14(26-28)6-3-12)20(27)25-19-11-23-18(22)10-24-19/h4,7,9-12,15,28H,2-3,5-6,8H2,1H3,(H,24,25,27). The topological polar surface area (TPSA) is 105 Å². The Morgan fingerprint density at radius 3 is 2.60 bits per heavy atom. The smallest absolute Gasteiger partial charge is 0.233 e. The molecule has 30 heavy (non-hydrogen) atoms. The minimum Gasteiger partial charge on any atom is -0.411 e. The van der Waals surface area contributed by atoms with Gasteiger partial charge in [0.2, 0.25) is 5.91 Å². The molecule has 0 saturated heterocycles. The van der Waals surface area contributed by atoms with E-state index in [9.17, 15) is 9.00 Å². The van der Waals surface area contributed by atoms with Gasteiger partial charge in [-0.25, -0.2) is 9.97 Å². The van der Waals surface area contributed by atoms with E-state index in [1.807, 2.05) is 0 Å². The van der Waals surface area contributed by atoms with Gasteiger partial charge in [-0.15, -0.1) is 0 Å². The van der Waals surface area contributed by atoms with E-state index >= 15 is 0 Å². The Kier molecular flexibility index (Phi) is 7.80. The number of hydrogen-bond donors (Lipinski definition) is 2. The summed E-state index contributed by atoms with van der Waals surface area (Å²) in [6.07, 6.45) is 8.05. The van der Waals surface area contributed by atoms with E-state index in [-0.39, 0.29) is 11.1 Å². The highest BCUT2D eigenvalue weighted by Crippen LogP contribution is 2.35. The van der Waals surface area contributed by atoms with Crippen LogP contribution in [-0.2, 0) is 15.6 Å². The summed E-state index contributed by atoms with van der Waals surface area (Å²) in [6.45, 7) is 0. The number of halogens is 2. The van der Waals surface area contributed by atoms with Crippen LogP contribution in [0.2, 0.25) is 10.2 Å². The van der Waals surface area contributed by atoms with E-state index in [1.165, 1.54) is 12.4 Å². The number of hydrogen-bond acceptors (Lipinski definition) is 6. The minimum absolute atomic E-state index is 0.227. The fourth-order valence-electron chi connectivity index (χ4n) is 3.63. The summed E-state index contributed by atoms with van der Waals surface area (Å²) in [5.41, 5.74) is 1.54. The van der Waals surface area contributed by atoms with Gasteiger partial charge in [0.1, 0.15) is 5.15 Å². The van der Waals surface area contributed by atoms with Crippen LogP contribution in [0, 0.1) is 5.92 Å². The molecule has 2 N–H and O–H groups in total. The summed E-state index contributed by atoms with van der Waals surface area (Å²) in [6, 6.07) is 5.21. The molecule has 1 heterocycles. The van der Waals surface area contributed by atoms with Gasteiger partial charge >= 0.3 is 0 Å². The summed E-state index contributed by atoms with van der Waals surface area (Å²) < 4.78 is 11.8. The van der Waals surface area contributed by atoms with Crippen molar-refractivity contribution in [3.63, 3.8) is 0 Å². The number of anilines is 1. The number of aromatic nitrogens is 2. The zero-order valence-electron chi connectivity index (χ0n) is 16.3. The van der Waals surface area contributed by atoms with Gasteiger partial charge in [0, 0.05) is 6.26 Å². The SMILES string of the molecule is CS(=O)c1ccc(C(CC2CCC(=NO)CC2)C(=O)Nc2cnc(Cl)cn2)cc1Cl. The first kappa shape index (κ1) is 22.7. The predicted molar refractivity (Wildman–Crippen MR) is 118 cm³/mol. The predicted octanol–water partition coefficient (Wildman–Crippen LogP) is 4.65. The molecular weight excluding hydrogens is 447 g/mol. The molecule has 10 heteroatoms. The van der Waals surface area contributed by atoms with Crippen molar-refractivity contribution < 1.29 is 14.2 Å². The molecule has 2 atom stereocenters. The fraction of sp³-hybridized carbons (Fsp3) is 0.400. The molecule has 2 unspecified atom stereocenters. The molecule has 1 saturated carbocycles. The van der Waals surface area contributed by atoms with Crippen molar-refractivity contribution in [2.75, 3.05) is 11.6 Å². The monoisotopic (exact) mass is 468 g/mol. The second-order valence-electron chi connectivity index (χ2n) is 7.26. The largest absolute Gasteiger partial charge is 0.411 e. The number of benzene rings is 1. The Morgan fingerprint density at radius 2 is 2.03 bits per heavy atom. The molecule has 7 nitrogen and oxygen atoms in total. The van der Waals surface area contributed by atoms with Gasteiger partial charge in [-0.3, -0.25) is 9.00 Å². The number of carbonyl (C=O) groups is 1. The van der Waals surface area contributed by atoms with Crippen molar-refractivity contribution in [2.45, 2.75) is 42.9 Å². The Balaban J connectivity index is 1.84. The molecule has 0 spiro atoms. The average molecular weight is 469 g/mol. The number of carbonyl (C=O) groups excluding carboxylic acids is 1. The summed E-state index contributed by atoms with van der Waals surface area (Å²) in [5, 5.41) is 15.7. The van der Waals surface area contributed by atoms with Crippen LogP contribution in [0.3, 0.4) is 0 Å². The third kappa shape index (κ3) is 5.77. The first-order valence-electron chi connectivity index (χ1n) is 9.48. The van der Waals surface area contributed by atoms with Crippen LogP contribution in [0.25, 0.3) is 0 Å². The zero-order chi connectivity index (χ0) is 21.7. The van der Waals surface area contributed by atoms with Gasteiger partial charge in [-0.1, -0.05) is 34.4 Å². The lowest BCUT2D eigenvalue weighted by Gasteiger charge is -2.27. The molecule has 160 valence electrons. The van der Waals surface area contributed by atoms with E-state index in [2.05, 4.69) is 20.4 Å². The van der Waals surface area contributed by atoms with Crippen LogP contribution in [0.15, 0.2) is 40.6 Å². The maximum atomic E-state index is 13.1. The van der Waals surface area contributed by atoms with Crippen LogP contribution in [-0.4, -0.2) is 37.3 Å². The number of rotatable bonds is 6. The first-order chi connectivity index (χ1) is 14.4. The first-order valence-corrected chi connectivity index (χ1v) is 11.8. The second kappa shape index (κ2) is 10.3. The number of oxime groups is 1. The summed E-state index contributed by atoms with van der Waals surface area (Å²) in [4.78, 5) is 21.7. The summed E-state index contributed by atoms with van der Waals surface area (Å²) in [7, 11) is -1.22. The number of nitrogens with zero attached hydrogens (tertiary/aromatic N) is 3. The third-order valence-electron chi connectivity index (χ3n) is 5.25. The highest BCUT2D eigenvalue weighted by molar-refractivity contribution is 7.84. The molecule has 0 bridgehead atoms. The highest BCUT2D eigenvalue weighted by Gasteiger charge is 2.28. The Morgan fingerprint density at radius 1 is 1.30 bits per heavy atom. The molecule has 1 fully saturated rings.